The number of methoxy groups -OCH3 is 2. The number of nitrogens with zero attached hydrogens (tertiary/aromatic N) is 1. The van der Waals surface area contributed by atoms with Crippen molar-refractivity contribution in [3.05, 3.63) is 48.0 Å². The maximum atomic E-state index is 13.9. The van der Waals surface area contributed by atoms with Gasteiger partial charge in [0.15, 0.2) is 0 Å². The number of ether oxygens (including phenoxy) is 2. The van der Waals surface area contributed by atoms with E-state index in [0.29, 0.717) is 17.2 Å². The van der Waals surface area contributed by atoms with Crippen molar-refractivity contribution in [1.82, 2.24) is 0 Å². The summed E-state index contributed by atoms with van der Waals surface area (Å²) in [5.74, 6) is -1.84. The first kappa shape index (κ1) is 20.2. The molecule has 2 rings (SSSR count). The number of carbonyl (C=O) groups excluding carboxylic acids is 2. The summed E-state index contributed by atoms with van der Waals surface area (Å²) in [7, 11) is 2.94. The van der Waals surface area contributed by atoms with Gasteiger partial charge in [0.25, 0.3) is 0 Å². The first-order chi connectivity index (χ1) is 12.9. The van der Waals surface area contributed by atoms with Gasteiger partial charge in [0.05, 0.1) is 19.9 Å². The molecule has 6 nitrogen and oxygen atoms in total. The van der Waals surface area contributed by atoms with E-state index in [1.165, 1.54) is 27.2 Å². The molecule has 0 aromatic heterocycles. The molecule has 0 saturated heterocycles. The third-order valence-electron chi connectivity index (χ3n) is 3.83. The number of hydrogen-bond donors (Lipinski definition) is 1. The van der Waals surface area contributed by atoms with Crippen molar-refractivity contribution in [1.29, 1.82) is 0 Å². The highest BCUT2D eigenvalue weighted by atomic mass is 19.1. The van der Waals surface area contributed by atoms with Crippen LogP contribution in [-0.2, 0) is 9.59 Å². The van der Waals surface area contributed by atoms with E-state index in [0.717, 1.165) is 17.0 Å². The number of nitrogens with one attached hydrogen (secondary N) is 1. The highest BCUT2D eigenvalue weighted by Crippen LogP contribution is 2.29. The maximum Gasteiger partial charge on any atom is 0.226 e. The van der Waals surface area contributed by atoms with E-state index in [2.05, 4.69) is 5.32 Å². The molecule has 0 spiro atoms. The Bertz CT molecular complexity index is 822. The van der Waals surface area contributed by atoms with Gasteiger partial charge in [0.1, 0.15) is 28.8 Å². The zero-order chi connectivity index (χ0) is 20.0. The standard InChI is InChI=1S/C19H20F2N2O4/c1-12(24)23(19-14(20)5-4-6-15(19)21)10-9-18(25)22-16-11-13(26-2)7-8-17(16)27-3/h4-8,11H,9-10H2,1-3H3,(H,22,25). The fourth-order valence-electron chi connectivity index (χ4n) is 2.51. The highest BCUT2D eigenvalue weighted by Gasteiger charge is 2.21. The molecule has 0 aliphatic carbocycles. The molecule has 0 bridgehead atoms. The SMILES string of the molecule is COc1ccc(OC)c(NC(=O)CCN(C(C)=O)c2c(F)cccc2F)c1. The summed E-state index contributed by atoms with van der Waals surface area (Å²) < 4.78 is 38.2. The number of halogens is 2. The molecule has 0 atom stereocenters. The van der Waals surface area contributed by atoms with Gasteiger partial charge in [-0.1, -0.05) is 6.07 Å². The highest BCUT2D eigenvalue weighted by molar-refractivity contribution is 5.95. The molecule has 2 aromatic carbocycles. The Kier molecular flexibility index (Phi) is 6.70. The molecule has 0 heterocycles. The summed E-state index contributed by atoms with van der Waals surface area (Å²) in [6, 6.07) is 8.19. The molecule has 0 aliphatic rings. The molecule has 0 aliphatic heterocycles. The Labute approximate surface area is 155 Å². The summed E-state index contributed by atoms with van der Waals surface area (Å²) in [5, 5.41) is 2.64. The first-order valence-corrected chi connectivity index (χ1v) is 8.11. The lowest BCUT2D eigenvalue weighted by atomic mass is 10.2. The van der Waals surface area contributed by atoms with Crippen molar-refractivity contribution in [2.24, 2.45) is 0 Å². The average Bonchev–Trinajstić information content (AvgIpc) is 2.63. The Morgan fingerprint density at radius 1 is 1.07 bits per heavy atom. The van der Waals surface area contributed by atoms with E-state index in [-0.39, 0.29) is 13.0 Å². The Morgan fingerprint density at radius 2 is 1.74 bits per heavy atom. The molecule has 0 unspecified atom stereocenters. The molecule has 2 amide bonds. The van der Waals surface area contributed by atoms with Gasteiger partial charge < -0.3 is 19.7 Å². The molecule has 144 valence electrons. The predicted molar refractivity (Wildman–Crippen MR) is 97.2 cm³/mol. The molecule has 1 N–H and O–H groups in total. The number of amides is 2. The monoisotopic (exact) mass is 378 g/mol. The number of benzene rings is 2. The fraction of sp³-hybridized carbons (Fsp3) is 0.263. The molecular formula is C19H20F2N2O4. The van der Waals surface area contributed by atoms with Gasteiger partial charge in [-0.2, -0.15) is 0 Å². The number of anilines is 2. The zero-order valence-corrected chi connectivity index (χ0v) is 15.2. The molecule has 27 heavy (non-hydrogen) atoms. The molecular weight excluding hydrogens is 358 g/mol. The van der Waals surface area contributed by atoms with Crippen LogP contribution in [0.5, 0.6) is 11.5 Å². The van der Waals surface area contributed by atoms with Crippen LogP contribution in [0.25, 0.3) is 0 Å². The van der Waals surface area contributed by atoms with Crippen LogP contribution in [0.3, 0.4) is 0 Å². The summed E-state index contributed by atoms with van der Waals surface area (Å²) in [6.07, 6.45) is -0.173. The largest absolute Gasteiger partial charge is 0.497 e. The Morgan fingerprint density at radius 3 is 2.30 bits per heavy atom. The number of rotatable bonds is 7. The van der Waals surface area contributed by atoms with Gasteiger partial charge in [0, 0.05) is 26.0 Å². The van der Waals surface area contributed by atoms with Crippen LogP contribution in [0, 0.1) is 11.6 Å². The lowest BCUT2D eigenvalue weighted by Gasteiger charge is -2.22. The minimum Gasteiger partial charge on any atom is -0.497 e. The van der Waals surface area contributed by atoms with Gasteiger partial charge >= 0.3 is 0 Å². The van der Waals surface area contributed by atoms with Gasteiger partial charge in [-0.05, 0) is 24.3 Å². The topological polar surface area (TPSA) is 67.9 Å². The van der Waals surface area contributed by atoms with Crippen LogP contribution in [0.4, 0.5) is 20.2 Å². The predicted octanol–water partition coefficient (Wildman–Crippen LogP) is 3.36. The average molecular weight is 378 g/mol. The van der Waals surface area contributed by atoms with Crippen LogP contribution in [0.2, 0.25) is 0 Å². The normalized spacial score (nSPS) is 10.3. The summed E-state index contributed by atoms with van der Waals surface area (Å²) >= 11 is 0. The van der Waals surface area contributed by atoms with Crippen molar-refractivity contribution >= 4 is 23.2 Å². The van der Waals surface area contributed by atoms with E-state index in [4.69, 9.17) is 9.47 Å². The van der Waals surface area contributed by atoms with Crippen molar-refractivity contribution in [3.8, 4) is 11.5 Å². The van der Waals surface area contributed by atoms with E-state index >= 15 is 0 Å². The second-order valence-corrected chi connectivity index (χ2v) is 5.61. The van der Waals surface area contributed by atoms with Crippen molar-refractivity contribution in [2.45, 2.75) is 13.3 Å². The summed E-state index contributed by atoms with van der Waals surface area (Å²) in [4.78, 5) is 25.0. The molecule has 8 heteroatoms. The van der Waals surface area contributed by atoms with Gasteiger partial charge in [-0.25, -0.2) is 8.78 Å². The smallest absolute Gasteiger partial charge is 0.226 e. The minimum absolute atomic E-state index is 0.173. The van der Waals surface area contributed by atoms with Crippen molar-refractivity contribution in [2.75, 3.05) is 31.0 Å². The Hall–Kier alpha value is -3.16. The number of carbonyl (C=O) groups is 2. The van der Waals surface area contributed by atoms with Crippen LogP contribution >= 0.6 is 0 Å². The van der Waals surface area contributed by atoms with Gasteiger partial charge in [-0.3, -0.25) is 9.59 Å². The van der Waals surface area contributed by atoms with Gasteiger partial charge in [0.2, 0.25) is 11.8 Å². The molecule has 0 saturated carbocycles. The second kappa shape index (κ2) is 8.98. The van der Waals surface area contributed by atoms with Crippen molar-refractivity contribution in [3.63, 3.8) is 0 Å². The maximum absolute atomic E-state index is 13.9. The van der Waals surface area contributed by atoms with Gasteiger partial charge in [-0.15, -0.1) is 0 Å². The van der Waals surface area contributed by atoms with Crippen LogP contribution in [-0.4, -0.2) is 32.6 Å². The quantitative estimate of drug-likeness (QED) is 0.802. The molecule has 2 aromatic rings. The summed E-state index contributed by atoms with van der Waals surface area (Å²) in [5.41, 5.74) is -0.0925. The molecule has 0 radical (unpaired) electrons. The van der Waals surface area contributed by atoms with Crippen LogP contribution < -0.4 is 19.7 Å². The van der Waals surface area contributed by atoms with Crippen LogP contribution in [0.15, 0.2) is 36.4 Å². The second-order valence-electron chi connectivity index (χ2n) is 5.61. The number of para-hydroxylation sites is 1. The van der Waals surface area contributed by atoms with E-state index in [1.807, 2.05) is 0 Å². The fourth-order valence-corrected chi connectivity index (χ4v) is 2.51. The van der Waals surface area contributed by atoms with E-state index < -0.39 is 29.1 Å². The number of hydrogen-bond acceptors (Lipinski definition) is 4. The van der Waals surface area contributed by atoms with E-state index in [9.17, 15) is 18.4 Å². The Balaban J connectivity index is 2.12. The minimum atomic E-state index is -0.875. The third-order valence-corrected chi connectivity index (χ3v) is 3.83. The van der Waals surface area contributed by atoms with Crippen molar-refractivity contribution < 1.29 is 27.8 Å². The third kappa shape index (κ3) is 4.93. The first-order valence-electron chi connectivity index (χ1n) is 8.11. The lowest BCUT2D eigenvalue weighted by molar-refractivity contribution is -0.117. The van der Waals surface area contributed by atoms with Crippen LogP contribution in [0.1, 0.15) is 13.3 Å². The lowest BCUT2D eigenvalue weighted by Crippen LogP contribution is -2.33. The molecule has 0 fully saturated rings. The summed E-state index contributed by atoms with van der Waals surface area (Å²) in [6.45, 7) is 0.986. The van der Waals surface area contributed by atoms with E-state index in [1.54, 1.807) is 18.2 Å². The zero-order valence-electron chi connectivity index (χ0n) is 15.2.